The predicted octanol–water partition coefficient (Wildman–Crippen LogP) is 0.358. The molecule has 180 valence electrons. The van der Waals surface area contributed by atoms with Gasteiger partial charge in [-0.1, -0.05) is 17.9 Å². The van der Waals surface area contributed by atoms with E-state index in [2.05, 4.69) is 22.5 Å². The van der Waals surface area contributed by atoms with Crippen LogP contribution in [0.1, 0.15) is 49.9 Å². The van der Waals surface area contributed by atoms with Crippen LogP contribution in [0.3, 0.4) is 0 Å². The highest BCUT2D eigenvalue weighted by molar-refractivity contribution is 6.00. The summed E-state index contributed by atoms with van der Waals surface area (Å²) in [7, 11) is 4.49. The van der Waals surface area contributed by atoms with Crippen LogP contribution >= 0.6 is 0 Å². The Morgan fingerprint density at radius 3 is 2.26 bits per heavy atom. The van der Waals surface area contributed by atoms with E-state index in [9.17, 15) is 24.9 Å². The number of methoxy groups -OCH3 is 1. The van der Waals surface area contributed by atoms with Crippen LogP contribution in [-0.2, 0) is 4.74 Å². The quantitative estimate of drug-likeness (QED) is 0.400. The first-order valence-corrected chi connectivity index (χ1v) is 10.7. The van der Waals surface area contributed by atoms with E-state index in [1.807, 2.05) is 0 Å². The van der Waals surface area contributed by atoms with Gasteiger partial charge < -0.3 is 35.4 Å². The Morgan fingerprint density at radius 1 is 1.06 bits per heavy atom. The van der Waals surface area contributed by atoms with E-state index in [0.29, 0.717) is 22.4 Å². The molecule has 3 rings (SSSR count). The minimum absolute atomic E-state index is 0.131. The van der Waals surface area contributed by atoms with E-state index in [4.69, 9.17) is 9.47 Å². The fourth-order valence-electron chi connectivity index (χ4n) is 3.74. The van der Waals surface area contributed by atoms with Crippen molar-refractivity contribution in [3.8, 4) is 17.6 Å². The summed E-state index contributed by atoms with van der Waals surface area (Å²) in [5, 5.41) is 35.1. The number of amides is 2. The summed E-state index contributed by atoms with van der Waals surface area (Å²) in [6.07, 6.45) is -3.54. The molecular formula is C25H28N2O7. The molecule has 9 heteroatoms. The highest BCUT2D eigenvalue weighted by Crippen LogP contribution is 2.34. The molecule has 2 amide bonds. The fraction of sp³-hybridized carbons (Fsp3) is 0.360. The Bertz CT molecular complexity index is 1090. The van der Waals surface area contributed by atoms with Crippen molar-refractivity contribution in [3.63, 3.8) is 0 Å². The Kier molecular flexibility index (Phi) is 8.26. The zero-order valence-electron chi connectivity index (χ0n) is 19.2. The van der Waals surface area contributed by atoms with Gasteiger partial charge in [-0.05, 0) is 35.9 Å². The smallest absolute Gasteiger partial charge is 0.251 e. The van der Waals surface area contributed by atoms with Crippen LogP contribution in [0.25, 0.3) is 0 Å². The molecule has 0 radical (unpaired) electrons. The summed E-state index contributed by atoms with van der Waals surface area (Å²) in [5.41, 5.74) is 2.05. The van der Waals surface area contributed by atoms with E-state index in [0.717, 1.165) is 0 Å². The summed E-state index contributed by atoms with van der Waals surface area (Å²) >= 11 is 0. The number of carbonyl (C=O) groups excluding carboxylic acids is 2. The lowest BCUT2D eigenvalue weighted by molar-refractivity contribution is -0.179. The summed E-state index contributed by atoms with van der Waals surface area (Å²) in [6, 6.07) is 9.67. The molecule has 1 fully saturated rings. The molecular weight excluding hydrogens is 440 g/mol. The zero-order valence-corrected chi connectivity index (χ0v) is 19.2. The molecule has 0 saturated carbocycles. The van der Waals surface area contributed by atoms with E-state index in [1.165, 1.54) is 27.3 Å². The van der Waals surface area contributed by atoms with Gasteiger partial charge in [0, 0.05) is 37.2 Å². The third-order valence-electron chi connectivity index (χ3n) is 5.56. The maximum Gasteiger partial charge on any atom is 0.251 e. The highest BCUT2D eigenvalue weighted by Gasteiger charge is 2.37. The van der Waals surface area contributed by atoms with Gasteiger partial charge >= 0.3 is 0 Å². The number of ether oxygens (including phenoxy) is 2. The largest absolute Gasteiger partial charge is 0.495 e. The average Bonchev–Trinajstić information content (AvgIpc) is 2.87. The van der Waals surface area contributed by atoms with Gasteiger partial charge in [0.05, 0.1) is 31.5 Å². The van der Waals surface area contributed by atoms with Gasteiger partial charge in [0.15, 0.2) is 0 Å². The Balaban J connectivity index is 2.02. The molecule has 5 N–H and O–H groups in total. The van der Waals surface area contributed by atoms with Crippen LogP contribution in [0.15, 0.2) is 36.4 Å². The lowest BCUT2D eigenvalue weighted by Crippen LogP contribution is -2.44. The van der Waals surface area contributed by atoms with Crippen LogP contribution in [0.2, 0.25) is 0 Å². The molecule has 34 heavy (non-hydrogen) atoms. The lowest BCUT2D eigenvalue weighted by atomic mass is 9.92. The van der Waals surface area contributed by atoms with E-state index < -0.39 is 24.4 Å². The van der Waals surface area contributed by atoms with Gasteiger partial charge in [-0.3, -0.25) is 9.59 Å². The van der Waals surface area contributed by atoms with Gasteiger partial charge in [-0.25, -0.2) is 0 Å². The van der Waals surface area contributed by atoms with Crippen LogP contribution in [0.4, 0.5) is 0 Å². The van der Waals surface area contributed by atoms with Gasteiger partial charge in [0.1, 0.15) is 18.0 Å². The molecule has 1 heterocycles. The SMILES string of the molecule is CNC(=O)c1cc(C#Cc2cc([C@H]3OC(CO)CC(O)C3O)ccc2OC)cc(C(=O)NC)c1. The van der Waals surface area contributed by atoms with Gasteiger partial charge in [0.2, 0.25) is 0 Å². The van der Waals surface area contributed by atoms with Crippen LogP contribution in [0, 0.1) is 11.8 Å². The molecule has 0 aliphatic carbocycles. The monoisotopic (exact) mass is 468 g/mol. The van der Waals surface area contributed by atoms with Crippen molar-refractivity contribution in [1.29, 1.82) is 0 Å². The molecule has 4 atom stereocenters. The van der Waals surface area contributed by atoms with Crippen molar-refractivity contribution >= 4 is 11.8 Å². The molecule has 0 spiro atoms. The van der Waals surface area contributed by atoms with Crippen LogP contribution in [0.5, 0.6) is 5.75 Å². The van der Waals surface area contributed by atoms with Crippen LogP contribution < -0.4 is 15.4 Å². The second kappa shape index (κ2) is 11.1. The molecule has 3 unspecified atom stereocenters. The average molecular weight is 469 g/mol. The second-order valence-corrected chi connectivity index (χ2v) is 7.82. The van der Waals surface area contributed by atoms with E-state index >= 15 is 0 Å². The van der Waals surface area contributed by atoms with Gasteiger partial charge in [-0.15, -0.1) is 0 Å². The third kappa shape index (κ3) is 5.55. The Morgan fingerprint density at radius 2 is 1.71 bits per heavy atom. The summed E-state index contributed by atoms with van der Waals surface area (Å²) in [5.74, 6) is 5.72. The predicted molar refractivity (Wildman–Crippen MR) is 124 cm³/mol. The van der Waals surface area contributed by atoms with E-state index in [-0.39, 0.29) is 36.0 Å². The van der Waals surface area contributed by atoms with Crippen molar-refractivity contribution in [2.45, 2.75) is 30.8 Å². The number of nitrogens with one attached hydrogen (secondary N) is 2. The Hall–Kier alpha value is -3.42. The van der Waals surface area contributed by atoms with Crippen molar-refractivity contribution in [2.24, 2.45) is 0 Å². The minimum Gasteiger partial charge on any atom is -0.495 e. The standard InChI is InChI=1S/C25H28N2O7/c1-26-24(31)17-8-14(9-18(11-17)25(32)27-2)4-5-15-10-16(6-7-21(15)33-3)23-22(30)20(29)12-19(13-28)34-23/h6-11,19-20,22-23,28-30H,12-13H2,1-3H3,(H,26,31)(H,27,32)/t19?,20?,22?,23-/m1/s1. The molecule has 2 aromatic rings. The first-order chi connectivity index (χ1) is 16.3. The van der Waals surface area contributed by atoms with Crippen LogP contribution in [-0.4, -0.2) is 73.3 Å². The number of hydrogen-bond acceptors (Lipinski definition) is 7. The summed E-state index contributed by atoms with van der Waals surface area (Å²) in [6.45, 7) is -0.279. The molecule has 2 aromatic carbocycles. The first kappa shape index (κ1) is 25.2. The summed E-state index contributed by atoms with van der Waals surface area (Å²) < 4.78 is 11.2. The maximum atomic E-state index is 12.1. The summed E-state index contributed by atoms with van der Waals surface area (Å²) in [4.78, 5) is 24.3. The van der Waals surface area contributed by atoms with E-state index in [1.54, 1.807) is 30.3 Å². The number of carbonyl (C=O) groups is 2. The molecule has 1 saturated heterocycles. The minimum atomic E-state index is -1.17. The Labute approximate surface area is 197 Å². The van der Waals surface area contributed by atoms with Gasteiger partial charge in [-0.2, -0.15) is 0 Å². The first-order valence-electron chi connectivity index (χ1n) is 10.7. The number of aliphatic hydroxyl groups is 3. The molecule has 1 aliphatic rings. The normalized spacial score (nSPS) is 21.7. The zero-order chi connectivity index (χ0) is 24.8. The maximum absolute atomic E-state index is 12.1. The van der Waals surface area contributed by atoms with Crippen molar-refractivity contribution in [1.82, 2.24) is 10.6 Å². The lowest BCUT2D eigenvalue weighted by Gasteiger charge is -2.36. The third-order valence-corrected chi connectivity index (χ3v) is 5.56. The number of benzene rings is 2. The second-order valence-electron chi connectivity index (χ2n) is 7.82. The molecule has 9 nitrogen and oxygen atoms in total. The topological polar surface area (TPSA) is 137 Å². The van der Waals surface area contributed by atoms with Crippen molar-refractivity contribution < 1.29 is 34.4 Å². The number of aliphatic hydroxyl groups excluding tert-OH is 3. The molecule has 0 aromatic heterocycles. The van der Waals surface area contributed by atoms with Crippen molar-refractivity contribution in [2.75, 3.05) is 27.8 Å². The molecule has 0 bridgehead atoms. The van der Waals surface area contributed by atoms with Gasteiger partial charge in [0.25, 0.3) is 11.8 Å². The number of rotatable bonds is 5. The highest BCUT2D eigenvalue weighted by atomic mass is 16.5. The molecule has 1 aliphatic heterocycles. The fourth-order valence-corrected chi connectivity index (χ4v) is 3.74. The van der Waals surface area contributed by atoms with Crippen molar-refractivity contribution in [3.05, 3.63) is 64.2 Å². The number of hydrogen-bond donors (Lipinski definition) is 5.